The van der Waals surface area contributed by atoms with E-state index in [-0.39, 0.29) is 5.91 Å². The van der Waals surface area contributed by atoms with Crippen molar-refractivity contribution < 1.29 is 4.79 Å². The van der Waals surface area contributed by atoms with Crippen molar-refractivity contribution in [2.75, 3.05) is 13.1 Å². The number of hydrogen-bond donors (Lipinski definition) is 2. The van der Waals surface area contributed by atoms with Crippen LogP contribution in [0, 0.1) is 0 Å². The zero-order valence-corrected chi connectivity index (χ0v) is 10.6. The Morgan fingerprint density at radius 3 is 2.69 bits per heavy atom. The van der Waals surface area contributed by atoms with Crippen molar-refractivity contribution in [3.05, 3.63) is 0 Å². The van der Waals surface area contributed by atoms with Crippen molar-refractivity contribution in [1.82, 2.24) is 10.6 Å². The van der Waals surface area contributed by atoms with Crippen LogP contribution in [0.1, 0.15) is 58.3 Å². The molecule has 0 unspecified atom stereocenters. The van der Waals surface area contributed by atoms with E-state index in [0.717, 1.165) is 25.9 Å². The molecule has 1 fully saturated rings. The Labute approximate surface area is 99.4 Å². The largest absolute Gasteiger partial charge is 0.352 e. The van der Waals surface area contributed by atoms with Gasteiger partial charge in [0.1, 0.15) is 0 Å². The highest BCUT2D eigenvalue weighted by molar-refractivity contribution is 5.76. The monoisotopic (exact) mass is 226 g/mol. The summed E-state index contributed by atoms with van der Waals surface area (Å²) in [7, 11) is 0. The highest BCUT2D eigenvalue weighted by Gasteiger charge is 2.15. The second kappa shape index (κ2) is 8.57. The lowest BCUT2D eigenvalue weighted by Gasteiger charge is -2.10. The van der Waals surface area contributed by atoms with Crippen LogP contribution in [0.2, 0.25) is 0 Å². The lowest BCUT2D eigenvalue weighted by Crippen LogP contribution is -2.35. The van der Waals surface area contributed by atoms with Crippen LogP contribution in [-0.2, 0) is 4.79 Å². The van der Waals surface area contributed by atoms with Gasteiger partial charge in [0.25, 0.3) is 0 Å². The fourth-order valence-electron chi connectivity index (χ4n) is 2.14. The first-order valence-electron chi connectivity index (χ1n) is 6.83. The zero-order chi connectivity index (χ0) is 11.6. The van der Waals surface area contributed by atoms with Crippen molar-refractivity contribution in [2.45, 2.75) is 64.3 Å². The molecule has 16 heavy (non-hydrogen) atoms. The van der Waals surface area contributed by atoms with Gasteiger partial charge in [0.2, 0.25) is 5.91 Å². The summed E-state index contributed by atoms with van der Waals surface area (Å²) in [4.78, 5) is 11.5. The Morgan fingerprint density at radius 2 is 2.00 bits per heavy atom. The number of rotatable bonds is 8. The summed E-state index contributed by atoms with van der Waals surface area (Å²) in [6.45, 7) is 4.22. The molecule has 0 aromatic carbocycles. The number of unbranched alkanes of at least 4 members (excludes halogenated alkanes) is 5. The Bertz CT molecular complexity index is 188. The average Bonchev–Trinajstić information content (AvgIpc) is 2.76. The predicted octanol–water partition coefficient (Wildman–Crippen LogP) is 2.22. The molecular formula is C13H26N2O. The number of carbonyl (C=O) groups excluding carboxylic acids is 1. The van der Waals surface area contributed by atoms with Crippen molar-refractivity contribution in [1.29, 1.82) is 0 Å². The molecule has 1 rings (SSSR count). The molecule has 3 heteroatoms. The van der Waals surface area contributed by atoms with E-state index in [9.17, 15) is 4.79 Å². The number of amides is 1. The summed E-state index contributed by atoms with van der Waals surface area (Å²) in [6, 6.07) is 0.382. The summed E-state index contributed by atoms with van der Waals surface area (Å²) in [5.41, 5.74) is 0. The van der Waals surface area contributed by atoms with E-state index < -0.39 is 0 Å². The second-order valence-corrected chi connectivity index (χ2v) is 4.78. The molecule has 94 valence electrons. The molecule has 1 saturated heterocycles. The lowest BCUT2D eigenvalue weighted by atomic mass is 10.1. The Balaban J connectivity index is 1.89. The summed E-state index contributed by atoms with van der Waals surface area (Å²) < 4.78 is 0. The van der Waals surface area contributed by atoms with Crippen LogP contribution in [0.15, 0.2) is 0 Å². The van der Waals surface area contributed by atoms with Gasteiger partial charge in [0.05, 0.1) is 0 Å². The molecule has 0 aliphatic carbocycles. The Hall–Kier alpha value is -0.570. The first-order valence-corrected chi connectivity index (χ1v) is 6.83. The van der Waals surface area contributed by atoms with Crippen LogP contribution >= 0.6 is 0 Å². The minimum Gasteiger partial charge on any atom is -0.352 e. The first kappa shape index (κ1) is 13.5. The minimum absolute atomic E-state index is 0.240. The standard InChI is InChI=1S/C13H26N2O/c1-2-3-4-5-6-7-8-13(16)15-12-9-10-14-11-12/h12,14H,2-11H2,1H3,(H,15,16)/t12-/m0/s1. The third-order valence-electron chi connectivity index (χ3n) is 3.18. The highest BCUT2D eigenvalue weighted by Crippen LogP contribution is 2.07. The summed E-state index contributed by atoms with van der Waals surface area (Å²) in [5, 5.41) is 6.33. The highest BCUT2D eigenvalue weighted by atomic mass is 16.1. The minimum atomic E-state index is 0.240. The Kier molecular flexibility index (Phi) is 7.23. The van der Waals surface area contributed by atoms with E-state index in [0.29, 0.717) is 12.5 Å². The molecule has 0 bridgehead atoms. The van der Waals surface area contributed by atoms with Crippen molar-refractivity contribution in [3.63, 3.8) is 0 Å². The smallest absolute Gasteiger partial charge is 0.220 e. The zero-order valence-electron chi connectivity index (χ0n) is 10.6. The van der Waals surface area contributed by atoms with E-state index in [1.807, 2.05) is 0 Å². The fraction of sp³-hybridized carbons (Fsp3) is 0.923. The number of hydrogen-bond acceptors (Lipinski definition) is 2. The summed E-state index contributed by atoms with van der Waals surface area (Å²) >= 11 is 0. The van der Waals surface area contributed by atoms with Crippen molar-refractivity contribution in [2.24, 2.45) is 0 Å². The lowest BCUT2D eigenvalue weighted by molar-refractivity contribution is -0.121. The van der Waals surface area contributed by atoms with E-state index in [4.69, 9.17) is 0 Å². The molecule has 0 aromatic heterocycles. The van der Waals surface area contributed by atoms with Gasteiger partial charge in [0.15, 0.2) is 0 Å². The molecule has 3 nitrogen and oxygen atoms in total. The number of nitrogens with one attached hydrogen (secondary N) is 2. The van der Waals surface area contributed by atoms with E-state index in [1.54, 1.807) is 0 Å². The molecule has 0 aromatic rings. The average molecular weight is 226 g/mol. The second-order valence-electron chi connectivity index (χ2n) is 4.78. The van der Waals surface area contributed by atoms with E-state index in [1.165, 1.54) is 32.1 Å². The van der Waals surface area contributed by atoms with Gasteiger partial charge in [-0.25, -0.2) is 0 Å². The van der Waals surface area contributed by atoms with E-state index in [2.05, 4.69) is 17.6 Å². The maximum atomic E-state index is 11.5. The van der Waals surface area contributed by atoms with Gasteiger partial charge in [-0.15, -0.1) is 0 Å². The van der Waals surface area contributed by atoms with Crippen LogP contribution in [0.4, 0.5) is 0 Å². The number of carbonyl (C=O) groups is 1. The molecule has 1 amide bonds. The molecule has 0 spiro atoms. The molecule has 1 heterocycles. The maximum Gasteiger partial charge on any atom is 0.220 e. The van der Waals surface area contributed by atoms with Gasteiger partial charge < -0.3 is 10.6 Å². The van der Waals surface area contributed by atoms with Gasteiger partial charge in [-0.1, -0.05) is 39.0 Å². The van der Waals surface area contributed by atoms with Gasteiger partial charge in [-0.3, -0.25) is 4.79 Å². The Morgan fingerprint density at radius 1 is 1.25 bits per heavy atom. The molecule has 1 aliphatic rings. The first-order chi connectivity index (χ1) is 7.83. The predicted molar refractivity (Wildman–Crippen MR) is 67.4 cm³/mol. The quantitative estimate of drug-likeness (QED) is 0.623. The van der Waals surface area contributed by atoms with Crippen LogP contribution in [0.5, 0.6) is 0 Å². The SMILES string of the molecule is CCCCCCCCC(=O)N[C@H]1CCNC1. The van der Waals surface area contributed by atoms with Crippen LogP contribution in [0.3, 0.4) is 0 Å². The molecular weight excluding hydrogens is 200 g/mol. The molecule has 2 N–H and O–H groups in total. The maximum absolute atomic E-state index is 11.5. The van der Waals surface area contributed by atoms with Gasteiger partial charge in [0, 0.05) is 19.0 Å². The van der Waals surface area contributed by atoms with Crippen LogP contribution in [-0.4, -0.2) is 25.0 Å². The van der Waals surface area contributed by atoms with Crippen molar-refractivity contribution in [3.8, 4) is 0 Å². The molecule has 1 aliphatic heterocycles. The summed E-state index contributed by atoms with van der Waals surface area (Å²) in [5.74, 6) is 0.240. The molecule has 0 saturated carbocycles. The van der Waals surface area contributed by atoms with Crippen molar-refractivity contribution >= 4 is 5.91 Å². The molecule has 1 atom stereocenters. The normalized spacial score (nSPS) is 19.9. The van der Waals surface area contributed by atoms with Gasteiger partial charge >= 0.3 is 0 Å². The van der Waals surface area contributed by atoms with Gasteiger partial charge in [-0.2, -0.15) is 0 Å². The topological polar surface area (TPSA) is 41.1 Å². The van der Waals surface area contributed by atoms with Crippen LogP contribution < -0.4 is 10.6 Å². The molecule has 0 radical (unpaired) electrons. The third kappa shape index (κ3) is 6.11. The fourth-order valence-corrected chi connectivity index (χ4v) is 2.14. The third-order valence-corrected chi connectivity index (χ3v) is 3.18. The van der Waals surface area contributed by atoms with E-state index >= 15 is 0 Å². The van der Waals surface area contributed by atoms with Crippen LogP contribution in [0.25, 0.3) is 0 Å². The van der Waals surface area contributed by atoms with Gasteiger partial charge in [-0.05, 0) is 19.4 Å². The summed E-state index contributed by atoms with van der Waals surface area (Å²) in [6.07, 6.45) is 9.28.